The molecule has 0 saturated carbocycles. The van der Waals surface area contributed by atoms with Crippen molar-refractivity contribution in [1.82, 2.24) is 19.2 Å². The predicted molar refractivity (Wildman–Crippen MR) is 128 cm³/mol. The molecule has 6 nitrogen and oxygen atoms in total. The van der Waals surface area contributed by atoms with Crippen molar-refractivity contribution < 1.29 is 4.74 Å². The summed E-state index contributed by atoms with van der Waals surface area (Å²) in [6, 6.07) is 16.5. The Morgan fingerprint density at radius 2 is 1.74 bits per heavy atom. The Kier molecular flexibility index (Phi) is 7.07. The molecular weight excluding hydrogens is 430 g/mol. The predicted octanol–water partition coefficient (Wildman–Crippen LogP) is 4.68. The molecule has 1 fully saturated rings. The van der Waals surface area contributed by atoms with Crippen LogP contribution in [0.2, 0.25) is 5.02 Å². The van der Waals surface area contributed by atoms with Crippen LogP contribution in [0.3, 0.4) is 0 Å². The molecule has 4 rings (SSSR count). The fraction of sp³-hybridized carbons (Fsp3) is 0.391. The average molecular weight is 458 g/mol. The third-order valence-corrected chi connectivity index (χ3v) is 6.17. The van der Waals surface area contributed by atoms with Crippen molar-refractivity contribution in [2.24, 2.45) is 0 Å². The number of aromatic nitrogens is 3. The minimum absolute atomic E-state index is 0.623. The Labute approximate surface area is 193 Å². The first-order valence-corrected chi connectivity index (χ1v) is 11.4. The molecule has 0 unspecified atom stereocenters. The fourth-order valence-electron chi connectivity index (χ4n) is 3.85. The SMILES string of the molecule is CCn1c(-c2ccc(Cl)cc2)nn(CN(C)Cc2ccc(N3CCOCC3)cc2)c1=S. The van der Waals surface area contributed by atoms with E-state index in [2.05, 4.69) is 52.6 Å². The zero-order valence-corrected chi connectivity index (χ0v) is 19.6. The van der Waals surface area contributed by atoms with Gasteiger partial charge >= 0.3 is 0 Å². The maximum Gasteiger partial charge on any atom is 0.199 e. The van der Waals surface area contributed by atoms with Gasteiger partial charge in [0.15, 0.2) is 10.6 Å². The topological polar surface area (TPSA) is 38.5 Å². The maximum atomic E-state index is 6.04. The Hall–Kier alpha value is -2.19. The first-order valence-electron chi connectivity index (χ1n) is 10.6. The molecule has 0 N–H and O–H groups in total. The molecule has 0 aliphatic carbocycles. The molecule has 2 aromatic carbocycles. The van der Waals surface area contributed by atoms with Crippen LogP contribution in [0, 0.1) is 4.77 Å². The van der Waals surface area contributed by atoms with E-state index in [1.54, 1.807) is 0 Å². The van der Waals surface area contributed by atoms with E-state index in [4.69, 9.17) is 33.7 Å². The summed E-state index contributed by atoms with van der Waals surface area (Å²) < 4.78 is 10.1. The number of anilines is 1. The number of ether oxygens (including phenoxy) is 1. The summed E-state index contributed by atoms with van der Waals surface area (Å²) in [6.07, 6.45) is 0. The summed E-state index contributed by atoms with van der Waals surface area (Å²) in [6.45, 7) is 7.80. The third kappa shape index (κ3) is 5.18. The first kappa shape index (κ1) is 22.0. The second kappa shape index (κ2) is 9.96. The third-order valence-electron chi connectivity index (χ3n) is 5.48. The summed E-state index contributed by atoms with van der Waals surface area (Å²) in [5, 5.41) is 5.52. The van der Waals surface area contributed by atoms with Gasteiger partial charge in [0.1, 0.15) is 0 Å². The van der Waals surface area contributed by atoms with Gasteiger partial charge in [-0.1, -0.05) is 23.7 Å². The van der Waals surface area contributed by atoms with E-state index in [1.165, 1.54) is 11.3 Å². The van der Waals surface area contributed by atoms with Crippen LogP contribution < -0.4 is 4.90 Å². The van der Waals surface area contributed by atoms with Gasteiger partial charge in [0.25, 0.3) is 0 Å². The molecule has 0 atom stereocenters. The maximum absolute atomic E-state index is 6.04. The van der Waals surface area contributed by atoms with Gasteiger partial charge in [-0.2, -0.15) is 5.10 Å². The van der Waals surface area contributed by atoms with E-state index >= 15 is 0 Å². The lowest BCUT2D eigenvalue weighted by atomic mass is 10.2. The van der Waals surface area contributed by atoms with Crippen LogP contribution in [-0.2, 0) is 24.5 Å². The number of hydrogen-bond acceptors (Lipinski definition) is 5. The van der Waals surface area contributed by atoms with Crippen LogP contribution in [0.5, 0.6) is 0 Å². The second-order valence-electron chi connectivity index (χ2n) is 7.78. The van der Waals surface area contributed by atoms with Gasteiger partial charge in [0, 0.05) is 42.5 Å². The molecule has 3 aromatic rings. The molecule has 0 bridgehead atoms. The molecule has 0 amide bonds. The second-order valence-corrected chi connectivity index (χ2v) is 8.58. The first-order chi connectivity index (χ1) is 15.0. The van der Waals surface area contributed by atoms with E-state index in [9.17, 15) is 0 Å². The zero-order chi connectivity index (χ0) is 21.8. The number of benzene rings is 2. The van der Waals surface area contributed by atoms with Crippen molar-refractivity contribution in [3.63, 3.8) is 0 Å². The fourth-order valence-corrected chi connectivity index (χ4v) is 4.29. The number of rotatable bonds is 7. The molecule has 8 heteroatoms. The Morgan fingerprint density at radius 1 is 1.06 bits per heavy atom. The Morgan fingerprint density at radius 3 is 2.39 bits per heavy atom. The lowest BCUT2D eigenvalue weighted by Crippen LogP contribution is -2.36. The summed E-state index contributed by atoms with van der Waals surface area (Å²) in [7, 11) is 2.09. The van der Waals surface area contributed by atoms with Crippen molar-refractivity contribution in [3.8, 4) is 11.4 Å². The minimum Gasteiger partial charge on any atom is -0.378 e. The van der Waals surface area contributed by atoms with E-state index in [1.807, 2.05) is 28.9 Å². The largest absolute Gasteiger partial charge is 0.378 e. The molecular formula is C23H28ClN5OS. The van der Waals surface area contributed by atoms with Gasteiger partial charge in [0.05, 0.1) is 19.9 Å². The van der Waals surface area contributed by atoms with Crippen molar-refractivity contribution in [1.29, 1.82) is 0 Å². The van der Waals surface area contributed by atoms with Crippen molar-refractivity contribution in [3.05, 3.63) is 63.9 Å². The lowest BCUT2D eigenvalue weighted by molar-refractivity contribution is 0.122. The van der Waals surface area contributed by atoms with E-state index < -0.39 is 0 Å². The normalized spacial score (nSPS) is 14.4. The monoisotopic (exact) mass is 457 g/mol. The Balaban J connectivity index is 1.45. The molecule has 1 aliphatic heterocycles. The lowest BCUT2D eigenvalue weighted by Gasteiger charge is -2.29. The van der Waals surface area contributed by atoms with Crippen LogP contribution >= 0.6 is 23.8 Å². The summed E-state index contributed by atoms with van der Waals surface area (Å²) in [5.41, 5.74) is 3.53. The van der Waals surface area contributed by atoms with Crippen LogP contribution in [0.15, 0.2) is 48.5 Å². The summed E-state index contributed by atoms with van der Waals surface area (Å²) in [5.74, 6) is 0.868. The van der Waals surface area contributed by atoms with Gasteiger partial charge in [-0.3, -0.25) is 4.90 Å². The van der Waals surface area contributed by atoms with Gasteiger partial charge < -0.3 is 14.2 Å². The molecule has 1 aliphatic rings. The minimum atomic E-state index is 0.623. The van der Waals surface area contributed by atoms with Crippen LogP contribution in [0.1, 0.15) is 12.5 Å². The van der Waals surface area contributed by atoms with Crippen LogP contribution in [0.4, 0.5) is 5.69 Å². The summed E-state index contributed by atoms with van der Waals surface area (Å²) in [4.78, 5) is 4.59. The number of nitrogens with zero attached hydrogens (tertiary/aromatic N) is 5. The van der Waals surface area contributed by atoms with Crippen molar-refractivity contribution in [2.45, 2.75) is 26.7 Å². The van der Waals surface area contributed by atoms with Crippen molar-refractivity contribution in [2.75, 3.05) is 38.3 Å². The van der Waals surface area contributed by atoms with Gasteiger partial charge in [0.2, 0.25) is 0 Å². The highest BCUT2D eigenvalue weighted by Gasteiger charge is 2.14. The molecule has 0 radical (unpaired) electrons. The highest BCUT2D eigenvalue weighted by molar-refractivity contribution is 7.71. The van der Waals surface area contributed by atoms with Gasteiger partial charge in [-0.05, 0) is 68.2 Å². The van der Waals surface area contributed by atoms with Gasteiger partial charge in [-0.25, -0.2) is 4.68 Å². The number of morpholine rings is 1. The summed E-state index contributed by atoms with van der Waals surface area (Å²) >= 11 is 11.7. The Bertz CT molecular complexity index is 1060. The van der Waals surface area contributed by atoms with Crippen molar-refractivity contribution >= 4 is 29.5 Å². The van der Waals surface area contributed by atoms with Crippen LogP contribution in [-0.4, -0.2) is 52.6 Å². The average Bonchev–Trinajstić information content (AvgIpc) is 3.10. The van der Waals surface area contributed by atoms with E-state index in [0.717, 1.165) is 55.6 Å². The molecule has 1 aromatic heterocycles. The molecule has 0 spiro atoms. The van der Waals surface area contributed by atoms with Gasteiger partial charge in [-0.15, -0.1) is 0 Å². The molecule has 164 valence electrons. The number of halogens is 1. The molecule has 31 heavy (non-hydrogen) atoms. The molecule has 2 heterocycles. The van der Waals surface area contributed by atoms with Crippen LogP contribution in [0.25, 0.3) is 11.4 Å². The quantitative estimate of drug-likeness (QED) is 0.481. The molecule has 1 saturated heterocycles. The number of hydrogen-bond donors (Lipinski definition) is 0. The smallest absolute Gasteiger partial charge is 0.199 e. The highest BCUT2D eigenvalue weighted by atomic mass is 35.5. The van der Waals surface area contributed by atoms with E-state index in [0.29, 0.717) is 11.7 Å². The highest BCUT2D eigenvalue weighted by Crippen LogP contribution is 2.21. The zero-order valence-electron chi connectivity index (χ0n) is 18.0. The van der Waals surface area contributed by atoms with E-state index in [-0.39, 0.29) is 0 Å². The standard InChI is InChI=1S/C23H28ClN5OS/c1-3-28-22(19-6-8-20(24)9-7-19)25-29(23(28)31)17-26(2)16-18-4-10-21(11-5-18)27-12-14-30-15-13-27/h4-11H,3,12-17H2,1-2H3.